The molecule has 1 heterocycles. The molecule has 0 bridgehead atoms. The Morgan fingerprint density at radius 2 is 1.97 bits per heavy atom. The van der Waals surface area contributed by atoms with E-state index in [1.54, 1.807) is 0 Å². The van der Waals surface area contributed by atoms with Gasteiger partial charge in [0.25, 0.3) is 11.8 Å². The van der Waals surface area contributed by atoms with Crippen molar-refractivity contribution >= 4 is 29.1 Å². The van der Waals surface area contributed by atoms with Gasteiger partial charge in [0.05, 0.1) is 12.3 Å². The first-order valence-corrected chi connectivity index (χ1v) is 10.0. The number of benzene rings is 1. The van der Waals surface area contributed by atoms with Gasteiger partial charge in [-0.05, 0) is 43.9 Å². The zero-order valence-corrected chi connectivity index (χ0v) is 16.1. The van der Waals surface area contributed by atoms with Crippen molar-refractivity contribution < 1.29 is 23.5 Å². The minimum Gasteiger partial charge on any atom is -0.370 e. The first-order valence-electron chi connectivity index (χ1n) is 10.0. The fourth-order valence-corrected chi connectivity index (χ4v) is 3.98. The van der Waals surface area contributed by atoms with Crippen LogP contribution in [0.15, 0.2) is 18.2 Å². The van der Waals surface area contributed by atoms with Gasteiger partial charge in [0.2, 0.25) is 5.91 Å². The maximum absolute atomic E-state index is 14.6. The standard InChI is InChI=1S/C20H25FN4O4/c21-15-10-12(4-7-16(15)24-8-9-29-11-17(24)26)23-20(28)18(19(22)27)25(14-5-6-14)13-2-1-3-13/h4,7,10,13-14,18H,1-3,5-6,8-9,11H2,(H2,22,27)(H,23,28)/t18-/m1/s1. The molecule has 1 aromatic rings. The topological polar surface area (TPSA) is 105 Å². The van der Waals surface area contributed by atoms with E-state index < -0.39 is 23.7 Å². The zero-order chi connectivity index (χ0) is 20.5. The number of carbonyl (C=O) groups is 3. The summed E-state index contributed by atoms with van der Waals surface area (Å²) in [4.78, 5) is 40.2. The number of ether oxygens (including phenoxy) is 1. The molecule has 29 heavy (non-hydrogen) atoms. The first kappa shape index (κ1) is 19.8. The van der Waals surface area contributed by atoms with Gasteiger partial charge in [-0.2, -0.15) is 0 Å². The van der Waals surface area contributed by atoms with Gasteiger partial charge in [0.15, 0.2) is 6.04 Å². The number of nitrogens with two attached hydrogens (primary N) is 1. The van der Waals surface area contributed by atoms with Crippen LogP contribution < -0.4 is 16.0 Å². The molecule has 2 saturated carbocycles. The molecule has 1 aliphatic heterocycles. The molecule has 8 nitrogen and oxygen atoms in total. The van der Waals surface area contributed by atoms with Crippen molar-refractivity contribution in [2.45, 2.75) is 50.2 Å². The molecule has 0 unspecified atom stereocenters. The van der Waals surface area contributed by atoms with Crippen LogP contribution in [0.1, 0.15) is 32.1 Å². The van der Waals surface area contributed by atoms with Crippen molar-refractivity contribution in [2.75, 3.05) is 30.0 Å². The van der Waals surface area contributed by atoms with E-state index in [2.05, 4.69) is 5.32 Å². The maximum atomic E-state index is 14.6. The third-order valence-corrected chi connectivity index (χ3v) is 5.77. The minimum absolute atomic E-state index is 0.0869. The summed E-state index contributed by atoms with van der Waals surface area (Å²) < 4.78 is 19.7. The SMILES string of the molecule is NC(=O)[C@H](C(=O)Nc1ccc(N2CCOCC2=O)c(F)c1)N(C1CCC1)C1CC1. The number of anilines is 2. The summed E-state index contributed by atoms with van der Waals surface area (Å²) in [7, 11) is 0. The highest BCUT2D eigenvalue weighted by Gasteiger charge is 2.45. The predicted octanol–water partition coefficient (Wildman–Crippen LogP) is 0.998. The summed E-state index contributed by atoms with van der Waals surface area (Å²) in [5, 5.41) is 2.62. The minimum atomic E-state index is -1.07. The summed E-state index contributed by atoms with van der Waals surface area (Å²) in [6.07, 6.45) is 4.87. The van der Waals surface area contributed by atoms with Gasteiger partial charge in [-0.1, -0.05) is 6.42 Å². The van der Waals surface area contributed by atoms with Gasteiger partial charge in [-0.25, -0.2) is 4.39 Å². The van der Waals surface area contributed by atoms with Crippen LogP contribution in [0.3, 0.4) is 0 Å². The number of hydrogen-bond acceptors (Lipinski definition) is 5. The van der Waals surface area contributed by atoms with E-state index in [9.17, 15) is 18.8 Å². The summed E-state index contributed by atoms with van der Waals surface area (Å²) in [5.41, 5.74) is 5.92. The predicted molar refractivity (Wildman–Crippen MR) is 104 cm³/mol. The second-order valence-corrected chi connectivity index (χ2v) is 7.82. The Balaban J connectivity index is 1.49. The Morgan fingerprint density at radius 3 is 2.52 bits per heavy atom. The fourth-order valence-electron chi connectivity index (χ4n) is 3.98. The van der Waals surface area contributed by atoms with E-state index in [0.29, 0.717) is 6.61 Å². The van der Waals surface area contributed by atoms with Crippen molar-refractivity contribution in [3.63, 3.8) is 0 Å². The lowest BCUT2D eigenvalue weighted by molar-refractivity contribution is -0.135. The number of nitrogens with one attached hydrogen (secondary N) is 1. The van der Waals surface area contributed by atoms with Crippen LogP contribution in [0.4, 0.5) is 15.8 Å². The quantitative estimate of drug-likeness (QED) is 0.660. The molecular weight excluding hydrogens is 379 g/mol. The number of nitrogens with zero attached hydrogens (tertiary/aromatic N) is 2. The molecule has 2 aliphatic carbocycles. The lowest BCUT2D eigenvalue weighted by atomic mass is 9.89. The van der Waals surface area contributed by atoms with Gasteiger partial charge in [0, 0.05) is 24.3 Å². The van der Waals surface area contributed by atoms with Crippen molar-refractivity contribution in [1.29, 1.82) is 0 Å². The monoisotopic (exact) mass is 404 g/mol. The number of rotatable bonds is 7. The van der Waals surface area contributed by atoms with Gasteiger partial charge in [0.1, 0.15) is 12.4 Å². The second kappa shape index (κ2) is 8.08. The molecule has 1 saturated heterocycles. The number of halogens is 1. The average molecular weight is 404 g/mol. The molecule has 156 valence electrons. The smallest absolute Gasteiger partial charge is 0.253 e. The highest BCUT2D eigenvalue weighted by molar-refractivity contribution is 6.09. The number of morpholine rings is 1. The van der Waals surface area contributed by atoms with Crippen molar-refractivity contribution in [3.05, 3.63) is 24.0 Å². The number of hydrogen-bond donors (Lipinski definition) is 2. The van der Waals surface area contributed by atoms with Gasteiger partial charge in [-0.15, -0.1) is 0 Å². The molecule has 4 rings (SSSR count). The maximum Gasteiger partial charge on any atom is 0.253 e. The number of carbonyl (C=O) groups excluding carboxylic acids is 3. The third kappa shape index (κ3) is 4.11. The number of amides is 3. The summed E-state index contributed by atoms with van der Waals surface area (Å²) >= 11 is 0. The molecule has 0 aromatic heterocycles. The molecule has 9 heteroatoms. The average Bonchev–Trinajstić information content (AvgIpc) is 3.45. The molecule has 1 aromatic carbocycles. The summed E-state index contributed by atoms with van der Waals surface area (Å²) in [6, 6.07) is 3.43. The summed E-state index contributed by atoms with van der Waals surface area (Å²) in [6.45, 7) is 0.515. The fraction of sp³-hybridized carbons (Fsp3) is 0.550. The van der Waals surface area contributed by atoms with Crippen molar-refractivity contribution in [2.24, 2.45) is 5.73 Å². The van der Waals surface area contributed by atoms with E-state index in [0.717, 1.165) is 38.2 Å². The van der Waals surface area contributed by atoms with E-state index in [-0.39, 0.29) is 42.5 Å². The number of primary amides is 1. The molecule has 0 radical (unpaired) electrons. The lowest BCUT2D eigenvalue weighted by Gasteiger charge is -2.40. The lowest BCUT2D eigenvalue weighted by Crippen LogP contribution is -2.58. The van der Waals surface area contributed by atoms with E-state index >= 15 is 0 Å². The van der Waals surface area contributed by atoms with E-state index in [1.807, 2.05) is 4.90 Å². The molecule has 3 fully saturated rings. The molecule has 3 aliphatic rings. The van der Waals surface area contributed by atoms with Gasteiger partial charge in [-0.3, -0.25) is 19.3 Å². The molecule has 0 spiro atoms. The van der Waals surface area contributed by atoms with Crippen LogP contribution in [0.2, 0.25) is 0 Å². The Kier molecular flexibility index (Phi) is 5.51. The highest BCUT2D eigenvalue weighted by Crippen LogP contribution is 2.37. The summed E-state index contributed by atoms with van der Waals surface area (Å²) in [5.74, 6) is -2.20. The van der Waals surface area contributed by atoms with Gasteiger partial charge >= 0.3 is 0 Å². The Hall–Kier alpha value is -2.52. The highest BCUT2D eigenvalue weighted by atomic mass is 19.1. The molecular formula is C20H25FN4O4. The van der Waals surface area contributed by atoms with Crippen LogP contribution in [-0.4, -0.2) is 60.5 Å². The zero-order valence-electron chi connectivity index (χ0n) is 16.1. The molecule has 3 amide bonds. The molecule has 3 N–H and O–H groups in total. The van der Waals surface area contributed by atoms with Crippen LogP contribution in [-0.2, 0) is 19.1 Å². The second-order valence-electron chi connectivity index (χ2n) is 7.82. The Bertz CT molecular complexity index is 825. The van der Waals surface area contributed by atoms with Crippen LogP contribution in [0.5, 0.6) is 0 Å². The Morgan fingerprint density at radius 1 is 1.24 bits per heavy atom. The normalized spacial score (nSPS) is 21.0. The Labute approximate surface area is 168 Å². The van der Waals surface area contributed by atoms with E-state index in [1.165, 1.54) is 17.0 Å². The third-order valence-electron chi connectivity index (χ3n) is 5.77. The van der Waals surface area contributed by atoms with Crippen molar-refractivity contribution in [1.82, 2.24) is 4.90 Å². The van der Waals surface area contributed by atoms with Crippen LogP contribution in [0.25, 0.3) is 0 Å². The molecule has 1 atom stereocenters. The largest absolute Gasteiger partial charge is 0.370 e. The first-order chi connectivity index (χ1) is 14.0. The van der Waals surface area contributed by atoms with Crippen LogP contribution in [0, 0.1) is 5.82 Å². The van der Waals surface area contributed by atoms with E-state index in [4.69, 9.17) is 10.5 Å². The van der Waals surface area contributed by atoms with Crippen LogP contribution >= 0.6 is 0 Å². The van der Waals surface area contributed by atoms with Crippen molar-refractivity contribution in [3.8, 4) is 0 Å². The van der Waals surface area contributed by atoms with Gasteiger partial charge < -0.3 is 20.7 Å².